The Morgan fingerprint density at radius 2 is 1.59 bits per heavy atom. The van der Waals surface area contributed by atoms with Crippen molar-refractivity contribution < 1.29 is 28.4 Å². The van der Waals surface area contributed by atoms with Crippen LogP contribution < -0.4 is 10.8 Å². The SMILES string of the molecule is CCCCCCCCCCCCNC(=O)c1ccc(B2OCC(C)(C(=O)O)CO2)cc1F. The van der Waals surface area contributed by atoms with Gasteiger partial charge in [-0.05, 0) is 30.9 Å². The van der Waals surface area contributed by atoms with Crippen LogP contribution in [-0.4, -0.2) is 43.9 Å². The Hall–Kier alpha value is -1.93. The van der Waals surface area contributed by atoms with Crippen LogP contribution in [0.15, 0.2) is 18.2 Å². The number of unbranched alkanes of at least 4 members (excludes halogenated alkanes) is 9. The lowest BCUT2D eigenvalue weighted by atomic mass is 9.75. The van der Waals surface area contributed by atoms with Gasteiger partial charge in [0.05, 0.1) is 5.56 Å². The summed E-state index contributed by atoms with van der Waals surface area (Å²) in [5.41, 5.74) is -0.725. The predicted octanol–water partition coefficient (Wildman–Crippen LogP) is 4.31. The molecule has 0 aliphatic carbocycles. The number of carboxylic acids is 1. The van der Waals surface area contributed by atoms with E-state index >= 15 is 0 Å². The predicted molar refractivity (Wildman–Crippen MR) is 124 cm³/mol. The molecule has 8 heteroatoms. The number of carbonyl (C=O) groups excluding carboxylic acids is 1. The van der Waals surface area contributed by atoms with Crippen LogP contribution >= 0.6 is 0 Å². The molecular formula is C24H37BFNO5. The van der Waals surface area contributed by atoms with E-state index in [-0.39, 0.29) is 18.8 Å². The highest BCUT2D eigenvalue weighted by Gasteiger charge is 2.42. The Morgan fingerprint density at radius 3 is 2.12 bits per heavy atom. The molecule has 2 N–H and O–H groups in total. The molecule has 0 atom stereocenters. The van der Waals surface area contributed by atoms with E-state index in [1.54, 1.807) is 6.07 Å². The molecule has 1 amide bonds. The smallest absolute Gasteiger partial charge is 0.481 e. The van der Waals surface area contributed by atoms with Gasteiger partial charge in [0, 0.05) is 19.8 Å². The number of amides is 1. The molecule has 1 aromatic rings. The molecule has 1 aliphatic heterocycles. The number of aliphatic carboxylic acids is 1. The number of nitrogens with one attached hydrogen (secondary N) is 1. The van der Waals surface area contributed by atoms with Crippen molar-refractivity contribution in [2.75, 3.05) is 19.8 Å². The second-order valence-corrected chi connectivity index (χ2v) is 9.00. The number of carbonyl (C=O) groups is 2. The average molecular weight is 449 g/mol. The van der Waals surface area contributed by atoms with E-state index in [0.717, 1.165) is 19.3 Å². The van der Waals surface area contributed by atoms with Crippen molar-refractivity contribution in [3.05, 3.63) is 29.6 Å². The largest absolute Gasteiger partial charge is 0.494 e. The molecule has 0 unspecified atom stereocenters. The number of rotatable bonds is 14. The summed E-state index contributed by atoms with van der Waals surface area (Å²) in [4.78, 5) is 23.5. The van der Waals surface area contributed by atoms with E-state index in [2.05, 4.69) is 12.2 Å². The van der Waals surface area contributed by atoms with Gasteiger partial charge in [0.25, 0.3) is 5.91 Å². The topological polar surface area (TPSA) is 84.9 Å². The van der Waals surface area contributed by atoms with Crippen LogP contribution in [-0.2, 0) is 14.1 Å². The highest BCUT2D eigenvalue weighted by Crippen LogP contribution is 2.23. The summed E-state index contributed by atoms with van der Waals surface area (Å²) in [5.74, 6) is -2.09. The fraction of sp³-hybridized carbons (Fsp3) is 0.667. The first-order chi connectivity index (χ1) is 15.4. The molecule has 0 bridgehead atoms. The third-order valence-electron chi connectivity index (χ3n) is 5.95. The second kappa shape index (κ2) is 13.6. The average Bonchev–Trinajstić information content (AvgIpc) is 2.77. The van der Waals surface area contributed by atoms with Gasteiger partial charge >= 0.3 is 13.1 Å². The van der Waals surface area contributed by atoms with Gasteiger partial charge in [0.15, 0.2) is 0 Å². The molecule has 0 radical (unpaired) electrons. The maximum Gasteiger partial charge on any atom is 0.494 e. The maximum atomic E-state index is 14.5. The molecule has 2 rings (SSSR count). The minimum Gasteiger partial charge on any atom is -0.481 e. The first-order valence-electron chi connectivity index (χ1n) is 11.9. The molecule has 0 spiro atoms. The molecule has 1 aromatic carbocycles. The summed E-state index contributed by atoms with van der Waals surface area (Å²) in [6, 6.07) is 4.20. The van der Waals surface area contributed by atoms with Crippen molar-refractivity contribution in [2.24, 2.45) is 5.41 Å². The Morgan fingerprint density at radius 1 is 1.03 bits per heavy atom. The maximum absolute atomic E-state index is 14.5. The van der Waals surface area contributed by atoms with Crippen LogP contribution in [0.3, 0.4) is 0 Å². The molecule has 0 saturated carbocycles. The van der Waals surface area contributed by atoms with E-state index < -0.39 is 30.2 Å². The van der Waals surface area contributed by atoms with Crippen molar-refractivity contribution in [1.29, 1.82) is 0 Å². The lowest BCUT2D eigenvalue weighted by Crippen LogP contribution is -2.51. The van der Waals surface area contributed by atoms with Crippen molar-refractivity contribution in [2.45, 2.75) is 78.1 Å². The lowest BCUT2D eigenvalue weighted by Gasteiger charge is -2.32. The zero-order valence-corrected chi connectivity index (χ0v) is 19.5. The van der Waals surface area contributed by atoms with E-state index in [0.29, 0.717) is 12.0 Å². The zero-order chi connectivity index (χ0) is 23.4. The molecule has 6 nitrogen and oxygen atoms in total. The summed E-state index contributed by atoms with van der Waals surface area (Å²) in [5, 5.41) is 12.0. The number of halogens is 1. The molecule has 0 aromatic heterocycles. The van der Waals surface area contributed by atoms with Gasteiger partial charge in [-0.3, -0.25) is 9.59 Å². The minimum absolute atomic E-state index is 0.0213. The molecule has 32 heavy (non-hydrogen) atoms. The highest BCUT2D eigenvalue weighted by atomic mass is 19.1. The van der Waals surface area contributed by atoms with E-state index in [9.17, 15) is 19.1 Å². The summed E-state index contributed by atoms with van der Waals surface area (Å²) >= 11 is 0. The van der Waals surface area contributed by atoms with Crippen molar-refractivity contribution in [1.82, 2.24) is 5.32 Å². The fourth-order valence-corrected chi connectivity index (χ4v) is 3.70. The van der Waals surface area contributed by atoms with Gasteiger partial charge in [-0.2, -0.15) is 0 Å². The molecule has 1 fully saturated rings. The van der Waals surface area contributed by atoms with Crippen LogP contribution in [0.5, 0.6) is 0 Å². The third kappa shape index (κ3) is 8.21. The van der Waals surface area contributed by atoms with Gasteiger partial charge in [-0.1, -0.05) is 70.8 Å². The molecule has 1 heterocycles. The van der Waals surface area contributed by atoms with Crippen LogP contribution in [0, 0.1) is 11.2 Å². The molecule has 1 saturated heterocycles. The fourth-order valence-electron chi connectivity index (χ4n) is 3.70. The Labute approximate surface area is 191 Å². The first kappa shape index (κ1) is 26.3. The van der Waals surface area contributed by atoms with Crippen molar-refractivity contribution in [3.63, 3.8) is 0 Å². The first-order valence-corrected chi connectivity index (χ1v) is 11.9. The van der Waals surface area contributed by atoms with Gasteiger partial charge in [0.1, 0.15) is 11.2 Å². The van der Waals surface area contributed by atoms with Crippen molar-refractivity contribution in [3.8, 4) is 0 Å². The van der Waals surface area contributed by atoms with Crippen LogP contribution in [0.4, 0.5) is 4.39 Å². The summed E-state index contributed by atoms with van der Waals surface area (Å²) < 4.78 is 25.4. The summed E-state index contributed by atoms with van der Waals surface area (Å²) in [6.45, 7) is 4.22. The normalized spacial score (nSPS) is 15.5. The van der Waals surface area contributed by atoms with Crippen LogP contribution in [0.25, 0.3) is 0 Å². The second-order valence-electron chi connectivity index (χ2n) is 9.00. The molecule has 1 aliphatic rings. The van der Waals surface area contributed by atoms with E-state index in [1.807, 2.05) is 0 Å². The lowest BCUT2D eigenvalue weighted by molar-refractivity contribution is -0.154. The van der Waals surface area contributed by atoms with Gasteiger partial charge in [0.2, 0.25) is 0 Å². The van der Waals surface area contributed by atoms with E-state index in [1.165, 1.54) is 64.0 Å². The van der Waals surface area contributed by atoms with Gasteiger partial charge in [-0.15, -0.1) is 0 Å². The highest BCUT2D eigenvalue weighted by molar-refractivity contribution is 6.61. The number of hydrogen-bond donors (Lipinski definition) is 2. The summed E-state index contributed by atoms with van der Waals surface area (Å²) in [7, 11) is -0.847. The number of carboxylic acid groups (broad SMARTS) is 1. The Balaban J connectivity index is 1.66. The zero-order valence-electron chi connectivity index (χ0n) is 19.5. The standard InChI is InChI=1S/C24H37BFNO5/c1-3-4-5-6-7-8-9-10-11-12-15-27-22(28)20-14-13-19(16-21(20)26)25-31-17-24(2,18-32-25)23(29)30/h13-14,16H,3-12,15,17-18H2,1-2H3,(H,27,28)(H,29,30). The summed E-state index contributed by atoms with van der Waals surface area (Å²) in [6.07, 6.45) is 12.2. The monoisotopic (exact) mass is 449 g/mol. The third-order valence-corrected chi connectivity index (χ3v) is 5.95. The number of hydrogen-bond acceptors (Lipinski definition) is 4. The van der Waals surface area contributed by atoms with Crippen LogP contribution in [0.1, 0.15) is 88.4 Å². The van der Waals surface area contributed by atoms with Gasteiger partial charge < -0.3 is 19.7 Å². The quantitative estimate of drug-likeness (QED) is 0.327. The molecule has 178 valence electrons. The Bertz CT molecular complexity index is 737. The minimum atomic E-state index is -1.12. The van der Waals surface area contributed by atoms with E-state index in [4.69, 9.17) is 9.31 Å². The molecular weight excluding hydrogens is 412 g/mol. The van der Waals surface area contributed by atoms with Crippen LogP contribution in [0.2, 0.25) is 0 Å². The van der Waals surface area contributed by atoms with Crippen molar-refractivity contribution >= 4 is 24.5 Å². The Kier molecular flexibility index (Phi) is 11.2. The number of benzene rings is 1. The van der Waals surface area contributed by atoms with Gasteiger partial charge in [-0.25, -0.2) is 4.39 Å².